The molecule has 2 aliphatic carbocycles. The number of aromatic hydroxyl groups is 1. The fourth-order valence-electron chi connectivity index (χ4n) is 5.81. The molecule has 2 aliphatic heterocycles. The van der Waals surface area contributed by atoms with Crippen molar-refractivity contribution >= 4 is 23.4 Å². The molecule has 2 amide bonds. The maximum atomic E-state index is 14.4. The van der Waals surface area contributed by atoms with Gasteiger partial charge in [-0.1, -0.05) is 6.42 Å². The number of aromatic nitrogens is 1. The van der Waals surface area contributed by atoms with Gasteiger partial charge in [0.1, 0.15) is 17.9 Å². The number of amides is 2. The minimum Gasteiger partial charge on any atom is -0.503 e. The lowest BCUT2D eigenvalue weighted by Gasteiger charge is -2.50. The number of likely N-dealkylation sites (N-methyl/N-ethyl adjacent to an activating group) is 1. The topological polar surface area (TPSA) is 94.9 Å². The summed E-state index contributed by atoms with van der Waals surface area (Å²) in [6.45, 7) is 1.48. The van der Waals surface area contributed by atoms with Crippen molar-refractivity contribution in [1.82, 2.24) is 19.7 Å². The van der Waals surface area contributed by atoms with Crippen LogP contribution >= 0.6 is 11.6 Å². The van der Waals surface area contributed by atoms with Crippen molar-refractivity contribution in [3.63, 3.8) is 0 Å². The van der Waals surface area contributed by atoms with Gasteiger partial charge in [-0.05, 0) is 39.2 Å². The van der Waals surface area contributed by atoms with Gasteiger partial charge in [-0.15, -0.1) is 11.6 Å². The van der Waals surface area contributed by atoms with Crippen molar-refractivity contribution in [2.24, 2.45) is 5.92 Å². The third kappa shape index (κ3) is 3.15. The molecule has 4 aliphatic rings. The molecule has 32 heavy (non-hydrogen) atoms. The van der Waals surface area contributed by atoms with Gasteiger partial charge in [0.15, 0.2) is 11.4 Å². The Kier molecular flexibility index (Phi) is 5.24. The second-order valence-corrected chi connectivity index (χ2v) is 10.2. The molecular weight excluding hydrogens is 439 g/mol. The van der Waals surface area contributed by atoms with Crippen molar-refractivity contribution in [1.29, 1.82) is 0 Å². The van der Waals surface area contributed by atoms with Gasteiger partial charge >= 0.3 is 0 Å². The quantitative estimate of drug-likeness (QED) is 0.660. The number of hydrogen-bond acceptors (Lipinski definition) is 5. The number of pyridine rings is 1. The predicted octanol–water partition coefficient (Wildman–Crippen LogP) is 1.64. The molecular formula is C22H28ClFN4O4. The van der Waals surface area contributed by atoms with Gasteiger partial charge < -0.3 is 19.9 Å². The molecule has 1 saturated heterocycles. The van der Waals surface area contributed by atoms with Crippen molar-refractivity contribution in [2.75, 3.05) is 26.7 Å². The lowest BCUT2D eigenvalue weighted by molar-refractivity contribution is -0.0257. The maximum absolute atomic E-state index is 14.4. The van der Waals surface area contributed by atoms with E-state index in [-0.39, 0.29) is 24.0 Å². The predicted molar refractivity (Wildman–Crippen MR) is 116 cm³/mol. The van der Waals surface area contributed by atoms with Crippen molar-refractivity contribution in [3.05, 3.63) is 27.7 Å². The van der Waals surface area contributed by atoms with Gasteiger partial charge in [-0.3, -0.25) is 19.3 Å². The summed E-state index contributed by atoms with van der Waals surface area (Å²) in [5.41, 5.74) is -1.61. The first-order chi connectivity index (χ1) is 15.3. The number of carbonyl (C=O) groups excluding carboxylic acids is 2. The Morgan fingerprint density at radius 3 is 2.75 bits per heavy atom. The Labute approximate surface area is 190 Å². The molecule has 8 nitrogen and oxygen atoms in total. The molecule has 4 atom stereocenters. The Bertz CT molecular complexity index is 1030. The van der Waals surface area contributed by atoms with Crippen LogP contribution in [0.5, 0.6) is 5.75 Å². The summed E-state index contributed by atoms with van der Waals surface area (Å²) in [6.07, 6.45) is 4.41. The van der Waals surface area contributed by atoms with Crippen LogP contribution < -0.4 is 10.7 Å². The summed E-state index contributed by atoms with van der Waals surface area (Å²) in [5.74, 6) is -2.17. The monoisotopic (exact) mass is 466 g/mol. The van der Waals surface area contributed by atoms with Crippen LogP contribution in [0.25, 0.3) is 0 Å². The number of hydrogen-bond donors (Lipinski definition) is 2. The molecule has 1 aromatic rings. The van der Waals surface area contributed by atoms with Crippen LogP contribution in [-0.4, -0.2) is 75.7 Å². The maximum Gasteiger partial charge on any atom is 0.275 e. The van der Waals surface area contributed by atoms with E-state index in [1.807, 2.05) is 7.05 Å². The highest BCUT2D eigenvalue weighted by molar-refractivity contribution is 6.21. The smallest absolute Gasteiger partial charge is 0.275 e. The van der Waals surface area contributed by atoms with E-state index in [2.05, 4.69) is 10.2 Å². The fourth-order valence-corrected chi connectivity index (χ4v) is 6.17. The van der Waals surface area contributed by atoms with E-state index in [0.717, 1.165) is 32.2 Å². The highest BCUT2D eigenvalue weighted by atomic mass is 35.5. The third-order valence-electron chi connectivity index (χ3n) is 7.61. The van der Waals surface area contributed by atoms with E-state index in [9.17, 15) is 23.9 Å². The first-order valence-electron chi connectivity index (χ1n) is 11.3. The molecule has 10 heteroatoms. The van der Waals surface area contributed by atoms with Crippen LogP contribution in [0.15, 0.2) is 11.0 Å². The summed E-state index contributed by atoms with van der Waals surface area (Å²) in [5, 5.41) is 12.8. The van der Waals surface area contributed by atoms with E-state index in [1.54, 1.807) is 9.47 Å². The number of carbonyl (C=O) groups is 2. The lowest BCUT2D eigenvalue weighted by Crippen LogP contribution is -2.65. The van der Waals surface area contributed by atoms with E-state index < -0.39 is 46.0 Å². The summed E-state index contributed by atoms with van der Waals surface area (Å²) in [7, 11) is 1.97. The van der Waals surface area contributed by atoms with Crippen LogP contribution in [0.2, 0.25) is 0 Å². The Hall–Kier alpha value is -2.13. The molecule has 2 saturated carbocycles. The lowest BCUT2D eigenvalue weighted by atomic mass is 9.87. The molecule has 0 radical (unpaired) electrons. The number of nitrogens with one attached hydrogen (secondary N) is 1. The van der Waals surface area contributed by atoms with Gasteiger partial charge in [0, 0.05) is 31.7 Å². The van der Waals surface area contributed by atoms with Crippen LogP contribution in [0, 0.1) is 5.92 Å². The van der Waals surface area contributed by atoms with Crippen molar-refractivity contribution in [2.45, 2.75) is 61.8 Å². The van der Waals surface area contributed by atoms with Gasteiger partial charge in [-0.2, -0.15) is 0 Å². The normalized spacial score (nSPS) is 31.2. The van der Waals surface area contributed by atoms with E-state index in [4.69, 9.17) is 11.6 Å². The standard InChI is InChI=1S/C22H28ClFN4O4/c1-26-8-3-9-27-20(32)16-18(30)17(29)13(11-28(16)22(6-7-22)21(26)27)19(31)25-10-12-4-2-5-14(23)15(12)24/h11-12,14-15,21,30H,2-10H2,1H3,(H,25,31). The molecule has 5 rings (SSSR count). The second kappa shape index (κ2) is 7.73. The van der Waals surface area contributed by atoms with Crippen molar-refractivity contribution in [3.8, 4) is 5.75 Å². The number of fused-ring (bicyclic) bond motifs is 4. The zero-order valence-electron chi connectivity index (χ0n) is 18.0. The van der Waals surface area contributed by atoms with Crippen LogP contribution in [0.4, 0.5) is 4.39 Å². The molecule has 3 heterocycles. The first kappa shape index (κ1) is 21.7. The number of alkyl halides is 2. The number of halogens is 2. The summed E-state index contributed by atoms with van der Waals surface area (Å²) in [4.78, 5) is 42.8. The third-order valence-corrected chi connectivity index (χ3v) is 8.07. The molecule has 1 aromatic heterocycles. The highest BCUT2D eigenvalue weighted by Gasteiger charge is 2.61. The molecule has 0 bridgehead atoms. The van der Waals surface area contributed by atoms with E-state index in [0.29, 0.717) is 19.4 Å². The number of nitrogens with zero attached hydrogens (tertiary/aromatic N) is 3. The first-order valence-corrected chi connectivity index (χ1v) is 11.8. The minimum absolute atomic E-state index is 0.0447. The highest BCUT2D eigenvalue weighted by Crippen LogP contribution is 2.53. The SMILES string of the molecule is CN1CCCN2C(=O)c3c(O)c(=O)c(C(=O)NCC4CCCC(Cl)C4F)cn3C3(CC3)C12. The molecule has 0 aromatic carbocycles. The largest absolute Gasteiger partial charge is 0.503 e. The van der Waals surface area contributed by atoms with Crippen molar-refractivity contribution < 1.29 is 19.1 Å². The Morgan fingerprint density at radius 1 is 1.28 bits per heavy atom. The molecule has 2 N–H and O–H groups in total. The molecule has 174 valence electrons. The average molecular weight is 467 g/mol. The summed E-state index contributed by atoms with van der Waals surface area (Å²) >= 11 is 6.03. The number of rotatable bonds is 3. The van der Waals surface area contributed by atoms with Gasteiger partial charge in [0.2, 0.25) is 5.43 Å². The molecule has 3 fully saturated rings. The van der Waals surface area contributed by atoms with Gasteiger partial charge in [-0.25, -0.2) is 4.39 Å². The van der Waals surface area contributed by atoms with Gasteiger partial charge in [0.05, 0.1) is 10.9 Å². The fraction of sp³-hybridized carbons (Fsp3) is 0.682. The summed E-state index contributed by atoms with van der Waals surface area (Å²) in [6, 6.07) is 0. The van der Waals surface area contributed by atoms with Crippen LogP contribution in [0.1, 0.15) is 59.4 Å². The second-order valence-electron chi connectivity index (χ2n) is 9.61. The minimum atomic E-state index is -1.22. The van der Waals surface area contributed by atoms with Crippen LogP contribution in [-0.2, 0) is 5.54 Å². The average Bonchev–Trinajstić information content (AvgIpc) is 3.56. The Balaban J connectivity index is 1.47. The summed E-state index contributed by atoms with van der Waals surface area (Å²) < 4.78 is 16.0. The zero-order valence-corrected chi connectivity index (χ0v) is 18.8. The van der Waals surface area contributed by atoms with Gasteiger partial charge in [0.25, 0.3) is 11.8 Å². The molecule has 4 unspecified atom stereocenters. The van der Waals surface area contributed by atoms with E-state index >= 15 is 0 Å². The zero-order chi connectivity index (χ0) is 22.8. The Morgan fingerprint density at radius 2 is 2.03 bits per heavy atom. The van der Waals surface area contributed by atoms with Crippen LogP contribution in [0.3, 0.4) is 0 Å². The van der Waals surface area contributed by atoms with E-state index in [1.165, 1.54) is 6.20 Å². The molecule has 1 spiro atoms.